The molecule has 1 N–H and O–H groups in total. The highest BCUT2D eigenvalue weighted by Gasteiger charge is 2.30. The number of nitrogens with zero attached hydrogens (tertiary/aromatic N) is 3. The summed E-state index contributed by atoms with van der Waals surface area (Å²) >= 11 is 6.05. The minimum atomic E-state index is -4.35. The lowest BCUT2D eigenvalue weighted by Crippen LogP contribution is -2.46. The van der Waals surface area contributed by atoms with E-state index in [2.05, 4.69) is 19.5 Å². The molecule has 1 aliphatic rings. The number of hydrogen-bond acceptors (Lipinski definition) is 5. The molecular weight excluding hydrogens is 501 g/mol. The van der Waals surface area contributed by atoms with Gasteiger partial charge in [-0.25, -0.2) is 13.4 Å². The van der Waals surface area contributed by atoms with Crippen LogP contribution in [0.15, 0.2) is 65.7 Å². The summed E-state index contributed by atoms with van der Waals surface area (Å²) in [5.74, 6) is 0.699. The van der Waals surface area contributed by atoms with E-state index >= 15 is 0 Å². The number of halogens is 4. The summed E-state index contributed by atoms with van der Waals surface area (Å²) in [4.78, 5) is 8.61. The van der Waals surface area contributed by atoms with Gasteiger partial charge in [-0.1, -0.05) is 35.9 Å². The summed E-state index contributed by atoms with van der Waals surface area (Å²) in [5, 5.41) is 0.369. The summed E-state index contributed by atoms with van der Waals surface area (Å²) in [5.41, 5.74) is 1.09. The molecule has 4 rings (SSSR count). The third kappa shape index (κ3) is 6.25. The van der Waals surface area contributed by atoms with E-state index in [1.54, 1.807) is 31.2 Å². The molecule has 2 heterocycles. The molecule has 0 unspecified atom stereocenters. The molecule has 0 saturated carbocycles. The molecule has 35 heavy (non-hydrogen) atoms. The van der Waals surface area contributed by atoms with Crippen LogP contribution in [0.4, 0.5) is 24.7 Å². The molecule has 1 aromatic heterocycles. The molecule has 11 heteroatoms. The SMILES string of the molecule is Cc1ccc(S(=O)(=O)Nc2ccc(N3CCN(Cc4cccc(C(F)(F)F)c4)CC3)nc2)cc1Cl. The van der Waals surface area contributed by atoms with Gasteiger partial charge in [-0.2, -0.15) is 13.2 Å². The number of rotatable bonds is 6. The van der Waals surface area contributed by atoms with Crippen molar-refractivity contribution in [1.29, 1.82) is 0 Å². The average molecular weight is 525 g/mol. The zero-order chi connectivity index (χ0) is 25.2. The molecule has 0 aliphatic carbocycles. The highest BCUT2D eigenvalue weighted by Crippen LogP contribution is 2.30. The van der Waals surface area contributed by atoms with E-state index < -0.39 is 21.8 Å². The molecule has 1 saturated heterocycles. The Morgan fingerprint density at radius 2 is 1.77 bits per heavy atom. The van der Waals surface area contributed by atoms with Crippen LogP contribution in [0, 0.1) is 6.92 Å². The normalized spacial score (nSPS) is 15.3. The highest BCUT2D eigenvalue weighted by atomic mass is 35.5. The summed E-state index contributed by atoms with van der Waals surface area (Å²) in [7, 11) is -3.80. The van der Waals surface area contributed by atoms with E-state index in [4.69, 9.17) is 11.6 Å². The molecule has 186 valence electrons. The number of pyridine rings is 1. The Bertz CT molecular complexity index is 1290. The van der Waals surface area contributed by atoms with Gasteiger partial charge in [-0.3, -0.25) is 9.62 Å². The molecule has 1 fully saturated rings. The molecule has 0 amide bonds. The lowest BCUT2D eigenvalue weighted by Gasteiger charge is -2.35. The van der Waals surface area contributed by atoms with E-state index in [1.165, 1.54) is 30.5 Å². The van der Waals surface area contributed by atoms with Gasteiger partial charge in [-0.05, 0) is 48.4 Å². The van der Waals surface area contributed by atoms with Gasteiger partial charge in [0.25, 0.3) is 10.0 Å². The fourth-order valence-electron chi connectivity index (χ4n) is 3.83. The van der Waals surface area contributed by atoms with Crippen molar-refractivity contribution >= 4 is 33.1 Å². The van der Waals surface area contributed by atoms with Crippen molar-refractivity contribution in [2.75, 3.05) is 35.8 Å². The minimum absolute atomic E-state index is 0.0640. The second-order valence-corrected chi connectivity index (χ2v) is 10.5. The average Bonchev–Trinajstić information content (AvgIpc) is 2.81. The number of nitrogens with one attached hydrogen (secondary N) is 1. The maximum absolute atomic E-state index is 13.0. The summed E-state index contributed by atoms with van der Waals surface area (Å²) in [6.45, 7) is 4.87. The summed E-state index contributed by atoms with van der Waals surface area (Å²) < 4.78 is 66.6. The number of piperazine rings is 1. The number of sulfonamides is 1. The van der Waals surface area contributed by atoms with E-state index in [-0.39, 0.29) is 4.90 Å². The molecule has 0 atom stereocenters. The van der Waals surface area contributed by atoms with Gasteiger partial charge in [-0.15, -0.1) is 0 Å². The largest absolute Gasteiger partial charge is 0.416 e. The molecule has 0 radical (unpaired) electrons. The van der Waals surface area contributed by atoms with Crippen molar-refractivity contribution in [3.05, 3.63) is 82.5 Å². The number of aryl methyl sites for hydroxylation is 1. The van der Waals surface area contributed by atoms with Gasteiger partial charge in [0.1, 0.15) is 5.82 Å². The third-order valence-electron chi connectivity index (χ3n) is 5.81. The summed E-state index contributed by atoms with van der Waals surface area (Å²) in [6, 6.07) is 13.3. The minimum Gasteiger partial charge on any atom is -0.354 e. The van der Waals surface area contributed by atoms with Crippen molar-refractivity contribution < 1.29 is 21.6 Å². The van der Waals surface area contributed by atoms with Crippen molar-refractivity contribution in [1.82, 2.24) is 9.88 Å². The zero-order valence-electron chi connectivity index (χ0n) is 18.9. The molecule has 0 bridgehead atoms. The quantitative estimate of drug-likeness (QED) is 0.481. The van der Waals surface area contributed by atoms with Gasteiger partial charge < -0.3 is 4.90 Å². The molecule has 2 aromatic carbocycles. The number of benzene rings is 2. The smallest absolute Gasteiger partial charge is 0.354 e. The van der Waals surface area contributed by atoms with Crippen molar-refractivity contribution in [2.45, 2.75) is 24.5 Å². The van der Waals surface area contributed by atoms with Crippen LogP contribution in [0.2, 0.25) is 5.02 Å². The number of hydrogen-bond donors (Lipinski definition) is 1. The fraction of sp³-hybridized carbons (Fsp3) is 0.292. The van der Waals surface area contributed by atoms with Crippen LogP contribution in [0.3, 0.4) is 0 Å². The second-order valence-electron chi connectivity index (χ2n) is 8.38. The van der Waals surface area contributed by atoms with Gasteiger partial charge in [0.2, 0.25) is 0 Å². The lowest BCUT2D eigenvalue weighted by molar-refractivity contribution is -0.137. The number of aromatic nitrogens is 1. The lowest BCUT2D eigenvalue weighted by atomic mass is 10.1. The van der Waals surface area contributed by atoms with Crippen LogP contribution >= 0.6 is 11.6 Å². The Morgan fingerprint density at radius 3 is 2.40 bits per heavy atom. The first kappa shape index (κ1) is 25.3. The first-order valence-corrected chi connectivity index (χ1v) is 12.8. The van der Waals surface area contributed by atoms with E-state index in [9.17, 15) is 21.6 Å². The standard InChI is InChI=1S/C24H24ClF3N4O2S/c1-17-5-7-21(14-22(17)25)35(33,34)30-20-6-8-23(29-15-20)32-11-9-31(10-12-32)16-18-3-2-4-19(13-18)24(26,27)28/h2-8,13-15,30H,9-12,16H2,1H3. The Hall–Kier alpha value is -2.82. The second kappa shape index (κ2) is 10.0. The molecule has 1 aliphatic heterocycles. The number of anilines is 2. The molecular formula is C24H24ClF3N4O2S. The van der Waals surface area contributed by atoms with Crippen LogP contribution < -0.4 is 9.62 Å². The van der Waals surface area contributed by atoms with Gasteiger partial charge in [0.05, 0.1) is 22.3 Å². The van der Waals surface area contributed by atoms with Crippen molar-refractivity contribution in [3.63, 3.8) is 0 Å². The van der Waals surface area contributed by atoms with E-state index in [0.29, 0.717) is 54.8 Å². The highest BCUT2D eigenvalue weighted by molar-refractivity contribution is 7.92. The van der Waals surface area contributed by atoms with Gasteiger partial charge in [0, 0.05) is 37.7 Å². The first-order chi connectivity index (χ1) is 16.5. The first-order valence-electron chi connectivity index (χ1n) is 10.9. The van der Waals surface area contributed by atoms with Crippen LogP contribution in [-0.4, -0.2) is 44.5 Å². The molecule has 0 spiro atoms. The Labute approximate surface area is 207 Å². The Morgan fingerprint density at radius 1 is 1.03 bits per heavy atom. The van der Waals surface area contributed by atoms with Crippen LogP contribution in [0.5, 0.6) is 0 Å². The Kier molecular flexibility index (Phi) is 7.25. The maximum atomic E-state index is 13.0. The van der Waals surface area contributed by atoms with Crippen molar-refractivity contribution in [3.8, 4) is 0 Å². The van der Waals surface area contributed by atoms with Crippen LogP contribution in [0.25, 0.3) is 0 Å². The van der Waals surface area contributed by atoms with Crippen LogP contribution in [-0.2, 0) is 22.7 Å². The molecule has 6 nitrogen and oxygen atoms in total. The number of alkyl halides is 3. The van der Waals surface area contributed by atoms with Gasteiger partial charge in [0.15, 0.2) is 0 Å². The predicted molar refractivity (Wildman–Crippen MR) is 130 cm³/mol. The van der Waals surface area contributed by atoms with E-state index in [1.807, 2.05) is 0 Å². The summed E-state index contributed by atoms with van der Waals surface area (Å²) in [6.07, 6.45) is -2.90. The predicted octanol–water partition coefficient (Wildman–Crippen LogP) is 5.19. The zero-order valence-corrected chi connectivity index (χ0v) is 20.5. The van der Waals surface area contributed by atoms with E-state index in [0.717, 1.165) is 11.6 Å². The maximum Gasteiger partial charge on any atom is 0.416 e. The van der Waals surface area contributed by atoms with Crippen LogP contribution in [0.1, 0.15) is 16.7 Å². The fourth-order valence-corrected chi connectivity index (χ4v) is 5.14. The topological polar surface area (TPSA) is 65.5 Å². The van der Waals surface area contributed by atoms with Crippen molar-refractivity contribution in [2.24, 2.45) is 0 Å². The Balaban J connectivity index is 1.34. The van der Waals surface area contributed by atoms with Gasteiger partial charge >= 0.3 is 6.18 Å². The molecule has 3 aromatic rings. The monoisotopic (exact) mass is 524 g/mol. The third-order valence-corrected chi connectivity index (χ3v) is 7.60.